The van der Waals surface area contributed by atoms with Gasteiger partial charge in [0.15, 0.2) is 5.71 Å². The van der Waals surface area contributed by atoms with E-state index in [4.69, 9.17) is 0 Å². The molecule has 1 atom stereocenters. The molecule has 0 spiro atoms. The Hall–Kier alpha value is -3.43. The minimum Gasteiger partial charge on any atom is -0.344 e. The minimum absolute atomic E-state index is 0.0860. The average Bonchev–Trinajstić information content (AvgIpc) is 3.31. The molecule has 4 aromatic carbocycles. The van der Waals surface area contributed by atoms with Gasteiger partial charge in [0.25, 0.3) is 0 Å². The summed E-state index contributed by atoms with van der Waals surface area (Å²) in [5, 5.41) is 2.61. The van der Waals surface area contributed by atoms with E-state index in [1.165, 1.54) is 50.2 Å². The minimum atomic E-state index is -0.150. The van der Waals surface area contributed by atoms with Crippen LogP contribution >= 0.6 is 15.9 Å². The Balaban J connectivity index is 1.46. The lowest BCUT2D eigenvalue weighted by Gasteiger charge is -2.31. The van der Waals surface area contributed by atoms with Gasteiger partial charge in [-0.25, -0.2) is 0 Å². The molecule has 4 aromatic rings. The topological polar surface area (TPSA) is 6.25 Å². The van der Waals surface area contributed by atoms with Crippen LogP contribution < -0.4 is 4.90 Å². The molecule has 1 unspecified atom stereocenters. The van der Waals surface area contributed by atoms with E-state index in [9.17, 15) is 0 Å². The van der Waals surface area contributed by atoms with Gasteiger partial charge in [0.2, 0.25) is 5.69 Å². The van der Waals surface area contributed by atoms with Crippen molar-refractivity contribution in [2.75, 3.05) is 18.5 Å². The number of nitrogens with zero attached hydrogens (tertiary/aromatic N) is 2. The van der Waals surface area contributed by atoms with Gasteiger partial charge < -0.3 is 4.90 Å². The second-order valence-corrected chi connectivity index (χ2v) is 14.1. The summed E-state index contributed by atoms with van der Waals surface area (Å²) in [5.74, 6) is 0.637. The van der Waals surface area contributed by atoms with Crippen LogP contribution in [0.3, 0.4) is 0 Å². The molecule has 6 rings (SSSR count). The number of anilines is 1. The first-order chi connectivity index (χ1) is 20.1. The van der Waals surface area contributed by atoms with Gasteiger partial charge in [-0.3, -0.25) is 0 Å². The molecule has 0 N–H and O–H groups in total. The van der Waals surface area contributed by atoms with E-state index in [0.717, 1.165) is 23.9 Å². The highest BCUT2D eigenvalue weighted by molar-refractivity contribution is 9.10. The second kappa shape index (κ2) is 11.0. The van der Waals surface area contributed by atoms with Crippen molar-refractivity contribution >= 4 is 43.8 Å². The fourth-order valence-electron chi connectivity index (χ4n) is 7.19. The van der Waals surface area contributed by atoms with E-state index in [-0.39, 0.29) is 10.8 Å². The molecule has 0 radical (unpaired) electrons. The predicted octanol–water partition coefficient (Wildman–Crippen LogP) is 10.1. The molecule has 42 heavy (non-hydrogen) atoms. The van der Waals surface area contributed by atoms with Crippen LogP contribution in [0.5, 0.6) is 0 Å². The third-order valence-corrected chi connectivity index (χ3v) is 9.94. The van der Waals surface area contributed by atoms with Crippen molar-refractivity contribution in [2.45, 2.75) is 58.3 Å². The quantitative estimate of drug-likeness (QED) is 0.187. The predicted molar refractivity (Wildman–Crippen MR) is 183 cm³/mol. The molecule has 0 amide bonds. The summed E-state index contributed by atoms with van der Waals surface area (Å²) < 4.78 is 3.54. The number of hydrogen-bond donors (Lipinski definition) is 0. The average molecular weight is 619 g/mol. The highest BCUT2D eigenvalue weighted by Gasteiger charge is 2.45. The Kier molecular flexibility index (Phi) is 7.51. The first kappa shape index (κ1) is 28.7. The normalized spacial score (nSPS) is 20.4. The van der Waals surface area contributed by atoms with Gasteiger partial charge in [-0.1, -0.05) is 96.5 Å². The SMILES string of the molecule is CC(C)CCN1C(=CC=CC2=[N+](C)c3c(ccc4ccccc34)C2(C)C)C(C)(Cc2ccccc2)c2cc(Br)ccc21. The van der Waals surface area contributed by atoms with E-state index in [1.54, 1.807) is 0 Å². The lowest BCUT2D eigenvalue weighted by atomic mass is 9.76. The molecule has 0 saturated carbocycles. The largest absolute Gasteiger partial charge is 0.344 e. The van der Waals surface area contributed by atoms with Crippen LogP contribution in [0.4, 0.5) is 11.4 Å². The van der Waals surface area contributed by atoms with Crippen molar-refractivity contribution < 1.29 is 4.58 Å². The molecule has 0 aliphatic carbocycles. The van der Waals surface area contributed by atoms with Crippen molar-refractivity contribution in [3.63, 3.8) is 0 Å². The molecule has 2 heterocycles. The van der Waals surface area contributed by atoms with Crippen molar-refractivity contribution in [3.05, 3.63) is 130 Å². The maximum Gasteiger partial charge on any atom is 0.217 e. The standard InChI is InChI=1S/C39H42BrN2/c1-27(2)23-24-42-34-22-20-30(40)25-33(34)39(5,26-28-13-8-7-9-14-28)36(42)18-12-17-35-38(3,4)32-21-19-29-15-10-11-16-31(29)37(32)41(35)6/h7-22,25,27H,23-24,26H2,1-6H3/q+1. The Morgan fingerprint density at radius 1 is 0.881 bits per heavy atom. The van der Waals surface area contributed by atoms with Crippen molar-refractivity contribution in [1.82, 2.24) is 0 Å². The van der Waals surface area contributed by atoms with Crippen LogP contribution in [-0.4, -0.2) is 23.9 Å². The van der Waals surface area contributed by atoms with E-state index < -0.39 is 0 Å². The molecule has 0 saturated heterocycles. The Morgan fingerprint density at radius 2 is 1.62 bits per heavy atom. The summed E-state index contributed by atoms with van der Waals surface area (Å²) in [7, 11) is 2.23. The fourth-order valence-corrected chi connectivity index (χ4v) is 7.55. The number of hydrogen-bond acceptors (Lipinski definition) is 1. The monoisotopic (exact) mass is 617 g/mol. The van der Waals surface area contributed by atoms with Gasteiger partial charge in [-0.05, 0) is 86.4 Å². The van der Waals surface area contributed by atoms with Gasteiger partial charge in [0.05, 0.1) is 10.8 Å². The molecule has 2 nitrogen and oxygen atoms in total. The maximum absolute atomic E-state index is 3.79. The lowest BCUT2D eigenvalue weighted by Crippen LogP contribution is -2.31. The molecular formula is C39H42BrN2+. The van der Waals surface area contributed by atoms with E-state index in [1.807, 2.05) is 0 Å². The zero-order chi connectivity index (χ0) is 29.6. The lowest BCUT2D eigenvalue weighted by molar-refractivity contribution is -0.399. The van der Waals surface area contributed by atoms with Gasteiger partial charge in [-0.2, -0.15) is 4.58 Å². The zero-order valence-electron chi connectivity index (χ0n) is 25.8. The van der Waals surface area contributed by atoms with Crippen LogP contribution in [0.15, 0.2) is 113 Å². The van der Waals surface area contributed by atoms with E-state index >= 15 is 0 Å². The smallest absolute Gasteiger partial charge is 0.217 e. The maximum atomic E-state index is 3.79. The highest BCUT2D eigenvalue weighted by Crippen LogP contribution is 2.51. The summed E-state index contributed by atoms with van der Waals surface area (Å²) in [6, 6.07) is 31.1. The number of halogens is 1. The van der Waals surface area contributed by atoms with Crippen molar-refractivity contribution in [1.29, 1.82) is 0 Å². The second-order valence-electron chi connectivity index (χ2n) is 13.2. The summed E-state index contributed by atoms with van der Waals surface area (Å²) in [6.07, 6.45) is 9.16. The third kappa shape index (κ3) is 4.86. The summed E-state index contributed by atoms with van der Waals surface area (Å²) in [5.41, 5.74) is 9.27. The molecule has 214 valence electrons. The first-order valence-electron chi connectivity index (χ1n) is 15.2. The van der Waals surface area contributed by atoms with Crippen molar-refractivity contribution in [3.8, 4) is 0 Å². The van der Waals surface area contributed by atoms with E-state index in [2.05, 4.69) is 170 Å². The molecule has 0 fully saturated rings. The van der Waals surface area contributed by atoms with E-state index in [0.29, 0.717) is 5.92 Å². The van der Waals surface area contributed by atoms with Crippen LogP contribution in [0.25, 0.3) is 10.8 Å². The van der Waals surface area contributed by atoms with Gasteiger partial charge in [0.1, 0.15) is 7.05 Å². The third-order valence-electron chi connectivity index (χ3n) is 9.45. The highest BCUT2D eigenvalue weighted by atomic mass is 79.9. The summed E-state index contributed by atoms with van der Waals surface area (Å²) in [6.45, 7) is 12.8. The van der Waals surface area contributed by atoms with Crippen LogP contribution in [0.2, 0.25) is 0 Å². The molecule has 0 bridgehead atoms. The Morgan fingerprint density at radius 3 is 2.38 bits per heavy atom. The molecule has 3 heteroatoms. The van der Waals surface area contributed by atoms with Gasteiger partial charge >= 0.3 is 0 Å². The van der Waals surface area contributed by atoms with Crippen LogP contribution in [0, 0.1) is 5.92 Å². The van der Waals surface area contributed by atoms with Gasteiger partial charge in [-0.15, -0.1) is 0 Å². The molecule has 2 aliphatic rings. The Labute approximate surface area is 260 Å². The number of allylic oxidation sites excluding steroid dienone is 4. The van der Waals surface area contributed by atoms with Crippen LogP contribution in [0.1, 0.15) is 57.7 Å². The summed E-state index contributed by atoms with van der Waals surface area (Å²) >= 11 is 3.79. The molecular weight excluding hydrogens is 576 g/mol. The number of fused-ring (bicyclic) bond motifs is 4. The summed E-state index contributed by atoms with van der Waals surface area (Å²) in [4.78, 5) is 2.59. The Bertz CT molecular complexity index is 1740. The number of benzene rings is 4. The number of rotatable bonds is 7. The zero-order valence-corrected chi connectivity index (χ0v) is 27.4. The van der Waals surface area contributed by atoms with Crippen LogP contribution in [-0.2, 0) is 17.3 Å². The molecule has 2 aliphatic heterocycles. The molecule has 0 aromatic heterocycles. The fraction of sp³-hybridized carbons (Fsp3) is 0.308. The first-order valence-corrected chi connectivity index (χ1v) is 16.0. The van der Waals surface area contributed by atoms with Crippen molar-refractivity contribution in [2.24, 2.45) is 5.92 Å². The van der Waals surface area contributed by atoms with Gasteiger partial charge in [0, 0.05) is 39.5 Å².